The fourth-order valence-corrected chi connectivity index (χ4v) is 3.29. The maximum atomic E-state index is 12.0. The Morgan fingerprint density at radius 3 is 2.71 bits per heavy atom. The summed E-state index contributed by atoms with van der Waals surface area (Å²) in [6.07, 6.45) is 9.45. The van der Waals surface area contributed by atoms with Crippen molar-refractivity contribution >= 4 is 22.6 Å². The number of amides is 1. The van der Waals surface area contributed by atoms with E-state index in [1.807, 2.05) is 36.1 Å². The average Bonchev–Trinajstić information content (AvgIpc) is 3.09. The zero-order valence-corrected chi connectivity index (χ0v) is 15.8. The SMILES string of the molecule is Cn1ccc2cc(-c3ccc(CCCC(=O)Nc4cccnc4)cc3)cnc21. The molecule has 1 amide bonds. The van der Waals surface area contributed by atoms with Crippen molar-refractivity contribution in [3.05, 3.63) is 78.9 Å². The first-order valence-electron chi connectivity index (χ1n) is 9.39. The highest BCUT2D eigenvalue weighted by Crippen LogP contribution is 2.23. The van der Waals surface area contributed by atoms with Gasteiger partial charge in [-0.15, -0.1) is 0 Å². The lowest BCUT2D eigenvalue weighted by Crippen LogP contribution is -2.11. The van der Waals surface area contributed by atoms with Gasteiger partial charge in [-0.25, -0.2) is 4.98 Å². The monoisotopic (exact) mass is 370 g/mol. The maximum Gasteiger partial charge on any atom is 0.224 e. The summed E-state index contributed by atoms with van der Waals surface area (Å²) in [5, 5.41) is 4.01. The molecule has 4 aromatic rings. The molecule has 3 heterocycles. The van der Waals surface area contributed by atoms with Crippen LogP contribution in [0.2, 0.25) is 0 Å². The molecule has 0 fully saturated rings. The van der Waals surface area contributed by atoms with Crippen molar-refractivity contribution in [3.63, 3.8) is 0 Å². The molecule has 0 aliphatic rings. The van der Waals surface area contributed by atoms with E-state index >= 15 is 0 Å². The van der Waals surface area contributed by atoms with Crippen molar-refractivity contribution in [1.29, 1.82) is 0 Å². The molecule has 3 aromatic heterocycles. The Morgan fingerprint density at radius 1 is 1.07 bits per heavy atom. The Morgan fingerprint density at radius 2 is 1.93 bits per heavy atom. The molecule has 1 N–H and O–H groups in total. The summed E-state index contributed by atoms with van der Waals surface area (Å²) in [4.78, 5) is 20.6. The molecule has 1 aromatic carbocycles. The molecule has 0 saturated carbocycles. The highest BCUT2D eigenvalue weighted by Gasteiger charge is 2.05. The molecule has 0 aliphatic heterocycles. The molecule has 0 aliphatic carbocycles. The molecule has 0 radical (unpaired) electrons. The van der Waals surface area contributed by atoms with Gasteiger partial charge in [0.15, 0.2) is 0 Å². The van der Waals surface area contributed by atoms with E-state index in [0.29, 0.717) is 6.42 Å². The van der Waals surface area contributed by atoms with Gasteiger partial charge in [0, 0.05) is 43.0 Å². The summed E-state index contributed by atoms with van der Waals surface area (Å²) in [5.41, 5.74) is 5.22. The highest BCUT2D eigenvalue weighted by molar-refractivity contribution is 5.90. The van der Waals surface area contributed by atoms with Gasteiger partial charge in [0.25, 0.3) is 0 Å². The zero-order valence-electron chi connectivity index (χ0n) is 15.8. The number of anilines is 1. The Kier molecular flexibility index (Phi) is 5.15. The van der Waals surface area contributed by atoms with Crippen molar-refractivity contribution in [1.82, 2.24) is 14.5 Å². The lowest BCUT2D eigenvalue weighted by atomic mass is 10.0. The van der Waals surface area contributed by atoms with Crippen molar-refractivity contribution < 1.29 is 4.79 Å². The number of fused-ring (bicyclic) bond motifs is 1. The first kappa shape index (κ1) is 17.9. The number of carbonyl (C=O) groups excluding carboxylic acids is 1. The van der Waals surface area contributed by atoms with Gasteiger partial charge in [-0.1, -0.05) is 24.3 Å². The minimum Gasteiger partial charge on any atom is -0.336 e. The summed E-state index contributed by atoms with van der Waals surface area (Å²) in [7, 11) is 2.00. The van der Waals surface area contributed by atoms with Crippen LogP contribution >= 0.6 is 0 Å². The summed E-state index contributed by atoms with van der Waals surface area (Å²) in [6, 6.07) is 16.4. The number of nitrogens with one attached hydrogen (secondary N) is 1. The van der Waals surface area contributed by atoms with Crippen molar-refractivity contribution in [2.24, 2.45) is 7.05 Å². The summed E-state index contributed by atoms with van der Waals surface area (Å²) < 4.78 is 2.02. The third-order valence-corrected chi connectivity index (χ3v) is 4.81. The van der Waals surface area contributed by atoms with Gasteiger partial charge in [0.2, 0.25) is 5.91 Å². The first-order chi connectivity index (χ1) is 13.7. The Balaban J connectivity index is 1.33. The summed E-state index contributed by atoms with van der Waals surface area (Å²) >= 11 is 0. The number of hydrogen-bond donors (Lipinski definition) is 1. The second-order valence-corrected chi connectivity index (χ2v) is 6.90. The fourth-order valence-electron chi connectivity index (χ4n) is 3.29. The fraction of sp³-hybridized carbons (Fsp3) is 0.174. The smallest absolute Gasteiger partial charge is 0.224 e. The third-order valence-electron chi connectivity index (χ3n) is 4.81. The van der Waals surface area contributed by atoms with Crippen LogP contribution < -0.4 is 5.32 Å². The number of aromatic nitrogens is 3. The van der Waals surface area contributed by atoms with Crippen LogP contribution in [0.15, 0.2) is 73.3 Å². The van der Waals surface area contributed by atoms with Gasteiger partial charge >= 0.3 is 0 Å². The zero-order chi connectivity index (χ0) is 19.3. The van der Waals surface area contributed by atoms with E-state index in [0.717, 1.165) is 40.7 Å². The normalized spacial score (nSPS) is 10.9. The molecule has 140 valence electrons. The van der Waals surface area contributed by atoms with Gasteiger partial charge in [0.05, 0.1) is 11.9 Å². The molecular weight excluding hydrogens is 348 g/mol. The minimum absolute atomic E-state index is 0.0202. The van der Waals surface area contributed by atoms with Crippen molar-refractivity contribution in [2.75, 3.05) is 5.32 Å². The van der Waals surface area contributed by atoms with Crippen LogP contribution in [-0.2, 0) is 18.3 Å². The van der Waals surface area contributed by atoms with Crippen LogP contribution in [0.25, 0.3) is 22.2 Å². The predicted molar refractivity (Wildman–Crippen MR) is 112 cm³/mol. The molecule has 5 heteroatoms. The molecule has 0 spiro atoms. The molecule has 0 saturated heterocycles. The van der Waals surface area contributed by atoms with Gasteiger partial charge in [0.1, 0.15) is 5.65 Å². The third kappa shape index (κ3) is 4.09. The number of aryl methyl sites for hydroxylation is 2. The van der Waals surface area contributed by atoms with Crippen molar-refractivity contribution in [3.8, 4) is 11.1 Å². The number of pyridine rings is 2. The quantitative estimate of drug-likeness (QED) is 0.540. The van der Waals surface area contributed by atoms with Crippen LogP contribution in [0.1, 0.15) is 18.4 Å². The molecule has 4 rings (SSSR count). The van der Waals surface area contributed by atoms with Crippen LogP contribution in [0.5, 0.6) is 0 Å². The molecule has 0 bridgehead atoms. The van der Waals surface area contributed by atoms with Crippen molar-refractivity contribution in [2.45, 2.75) is 19.3 Å². The number of hydrogen-bond acceptors (Lipinski definition) is 3. The Hall–Kier alpha value is -3.47. The number of carbonyl (C=O) groups is 1. The Labute approximate surface area is 164 Å². The lowest BCUT2D eigenvalue weighted by molar-refractivity contribution is -0.116. The molecule has 28 heavy (non-hydrogen) atoms. The Bertz CT molecular complexity index is 1080. The summed E-state index contributed by atoms with van der Waals surface area (Å²) in [6.45, 7) is 0. The lowest BCUT2D eigenvalue weighted by Gasteiger charge is -2.06. The van der Waals surface area contributed by atoms with E-state index in [9.17, 15) is 4.79 Å². The first-order valence-corrected chi connectivity index (χ1v) is 9.39. The van der Waals surface area contributed by atoms with E-state index in [1.54, 1.807) is 12.4 Å². The van der Waals surface area contributed by atoms with Gasteiger partial charge in [-0.05, 0) is 48.2 Å². The molecule has 5 nitrogen and oxygen atoms in total. The second-order valence-electron chi connectivity index (χ2n) is 6.90. The molecule has 0 unspecified atom stereocenters. The number of benzene rings is 1. The van der Waals surface area contributed by atoms with Gasteiger partial charge < -0.3 is 9.88 Å². The van der Waals surface area contributed by atoms with Crippen LogP contribution in [0.4, 0.5) is 5.69 Å². The van der Waals surface area contributed by atoms with Gasteiger partial charge in [-0.2, -0.15) is 0 Å². The van der Waals surface area contributed by atoms with Gasteiger partial charge in [-0.3, -0.25) is 9.78 Å². The van der Waals surface area contributed by atoms with E-state index in [-0.39, 0.29) is 5.91 Å². The van der Waals surface area contributed by atoms with Crippen LogP contribution in [-0.4, -0.2) is 20.4 Å². The predicted octanol–water partition coefficient (Wildman–Crippen LogP) is 4.60. The van der Waals surface area contributed by atoms with E-state index in [4.69, 9.17) is 0 Å². The summed E-state index contributed by atoms with van der Waals surface area (Å²) in [5.74, 6) is 0.0202. The number of nitrogens with zero attached hydrogens (tertiary/aromatic N) is 3. The average molecular weight is 370 g/mol. The van der Waals surface area contributed by atoms with E-state index < -0.39 is 0 Å². The molecule has 0 atom stereocenters. The van der Waals surface area contributed by atoms with Crippen LogP contribution in [0, 0.1) is 0 Å². The highest BCUT2D eigenvalue weighted by atomic mass is 16.1. The second kappa shape index (κ2) is 8.05. The van der Waals surface area contributed by atoms with E-state index in [1.165, 1.54) is 5.56 Å². The van der Waals surface area contributed by atoms with Crippen LogP contribution in [0.3, 0.4) is 0 Å². The maximum absolute atomic E-state index is 12.0. The van der Waals surface area contributed by atoms with E-state index in [2.05, 4.69) is 51.7 Å². The molecular formula is C23H22N4O. The standard InChI is InChI=1S/C23H22N4O/c1-27-13-11-19-14-20(15-25-23(19)27)18-9-7-17(8-10-18)4-2-6-22(28)26-21-5-3-12-24-16-21/h3,5,7-16H,2,4,6H2,1H3,(H,26,28). The largest absolute Gasteiger partial charge is 0.336 e. The minimum atomic E-state index is 0.0202. The number of rotatable bonds is 6. The topological polar surface area (TPSA) is 59.8 Å².